The van der Waals surface area contributed by atoms with Gasteiger partial charge in [-0.3, -0.25) is 9.59 Å². The highest BCUT2D eigenvalue weighted by Gasteiger charge is 2.08. The van der Waals surface area contributed by atoms with Gasteiger partial charge in [-0.15, -0.1) is 0 Å². The van der Waals surface area contributed by atoms with Crippen molar-refractivity contribution in [1.82, 2.24) is 5.32 Å². The van der Waals surface area contributed by atoms with Gasteiger partial charge in [0.05, 0.1) is 27.2 Å². The number of methoxy groups -OCH3 is 2. The van der Waals surface area contributed by atoms with E-state index in [9.17, 15) is 9.59 Å². The fraction of sp³-hybridized carbons (Fsp3) is 0.333. The Morgan fingerprint density at radius 2 is 1.89 bits per heavy atom. The maximum atomic E-state index is 11.5. The monoisotopic (exact) mass is 271 g/mol. The summed E-state index contributed by atoms with van der Waals surface area (Å²) in [4.78, 5) is 22.0. The molecule has 98 valence electrons. The molecule has 1 aromatic carbocycles. The molecule has 0 fully saturated rings. The molecule has 0 saturated carbocycles. The third-order valence-electron chi connectivity index (χ3n) is 2.24. The molecule has 1 rings (SSSR count). The second-order valence-corrected chi connectivity index (χ2v) is 3.92. The average molecular weight is 272 g/mol. The van der Waals surface area contributed by atoms with Crippen molar-refractivity contribution >= 4 is 22.8 Å². The molecular formula is C12H14ClNO4. The van der Waals surface area contributed by atoms with Crippen molar-refractivity contribution in [2.75, 3.05) is 20.8 Å². The molecule has 18 heavy (non-hydrogen) atoms. The maximum absolute atomic E-state index is 11.5. The predicted octanol–water partition coefficient (Wildman–Crippen LogP) is 1.13. The smallest absolute Gasteiger partial charge is 0.240 e. The summed E-state index contributed by atoms with van der Waals surface area (Å²) in [5.41, 5.74) is 0.757. The molecule has 0 bridgehead atoms. The van der Waals surface area contributed by atoms with Crippen molar-refractivity contribution in [2.45, 2.75) is 6.42 Å². The molecule has 0 heterocycles. The van der Waals surface area contributed by atoms with Crippen LogP contribution in [0.25, 0.3) is 0 Å². The molecule has 1 aromatic rings. The number of amides is 1. The topological polar surface area (TPSA) is 64.6 Å². The fourth-order valence-corrected chi connectivity index (χ4v) is 1.47. The summed E-state index contributed by atoms with van der Waals surface area (Å²) < 4.78 is 10.2. The van der Waals surface area contributed by atoms with E-state index in [2.05, 4.69) is 5.32 Å². The van der Waals surface area contributed by atoms with E-state index in [1.807, 2.05) is 0 Å². The third-order valence-corrected chi connectivity index (χ3v) is 2.37. The first-order valence-electron chi connectivity index (χ1n) is 5.22. The van der Waals surface area contributed by atoms with E-state index in [1.165, 1.54) is 14.2 Å². The average Bonchev–Trinajstić information content (AvgIpc) is 2.36. The minimum absolute atomic E-state index is 0.143. The van der Waals surface area contributed by atoms with Gasteiger partial charge < -0.3 is 14.8 Å². The molecule has 1 amide bonds. The number of benzene rings is 1. The maximum Gasteiger partial charge on any atom is 0.240 e. The van der Waals surface area contributed by atoms with Crippen LogP contribution in [0.3, 0.4) is 0 Å². The first kappa shape index (κ1) is 14.3. The first-order valence-corrected chi connectivity index (χ1v) is 5.60. The lowest BCUT2D eigenvalue weighted by Gasteiger charge is -2.09. The highest BCUT2D eigenvalue weighted by molar-refractivity contribution is 6.64. The van der Waals surface area contributed by atoms with E-state index in [0.29, 0.717) is 11.5 Å². The zero-order valence-corrected chi connectivity index (χ0v) is 10.9. The van der Waals surface area contributed by atoms with Crippen LogP contribution in [-0.2, 0) is 16.0 Å². The lowest BCUT2D eigenvalue weighted by Crippen LogP contribution is -2.28. The van der Waals surface area contributed by atoms with Gasteiger partial charge in [0.15, 0.2) is 11.5 Å². The van der Waals surface area contributed by atoms with Crippen LogP contribution in [0.15, 0.2) is 18.2 Å². The molecule has 0 aromatic heterocycles. The molecule has 0 saturated heterocycles. The molecule has 0 aliphatic rings. The van der Waals surface area contributed by atoms with Crippen molar-refractivity contribution in [3.63, 3.8) is 0 Å². The minimum atomic E-state index is -0.601. The summed E-state index contributed by atoms with van der Waals surface area (Å²) in [5.74, 6) is 0.866. The van der Waals surface area contributed by atoms with E-state index in [0.717, 1.165) is 5.56 Å². The minimum Gasteiger partial charge on any atom is -0.493 e. The van der Waals surface area contributed by atoms with Crippen molar-refractivity contribution in [2.24, 2.45) is 0 Å². The highest BCUT2D eigenvalue weighted by Crippen LogP contribution is 2.27. The van der Waals surface area contributed by atoms with Crippen LogP contribution in [0, 0.1) is 0 Å². The normalized spacial score (nSPS) is 9.72. The molecule has 0 aliphatic carbocycles. The second-order valence-electron chi connectivity index (χ2n) is 3.50. The van der Waals surface area contributed by atoms with Crippen molar-refractivity contribution in [3.8, 4) is 11.5 Å². The molecule has 0 radical (unpaired) electrons. The number of halogens is 1. The number of hydrogen-bond acceptors (Lipinski definition) is 4. The van der Waals surface area contributed by atoms with Gasteiger partial charge in [-0.05, 0) is 29.3 Å². The lowest BCUT2D eigenvalue weighted by atomic mass is 10.1. The van der Waals surface area contributed by atoms with E-state index in [1.54, 1.807) is 18.2 Å². The second kappa shape index (κ2) is 6.86. The van der Waals surface area contributed by atoms with Crippen LogP contribution in [0.2, 0.25) is 0 Å². The summed E-state index contributed by atoms with van der Waals surface area (Å²) >= 11 is 5.12. The molecular weight excluding hydrogens is 258 g/mol. The van der Waals surface area contributed by atoms with Crippen LogP contribution < -0.4 is 14.8 Å². The summed E-state index contributed by atoms with van der Waals surface area (Å²) in [5, 5.41) is 1.80. The first-order chi connectivity index (χ1) is 8.56. The van der Waals surface area contributed by atoms with E-state index < -0.39 is 5.24 Å². The van der Waals surface area contributed by atoms with Crippen LogP contribution in [-0.4, -0.2) is 31.9 Å². The molecule has 0 aliphatic heterocycles. The number of nitrogens with one attached hydrogen (secondary N) is 1. The van der Waals surface area contributed by atoms with Gasteiger partial charge >= 0.3 is 0 Å². The molecule has 5 nitrogen and oxygen atoms in total. The zero-order valence-electron chi connectivity index (χ0n) is 10.2. The Kier molecular flexibility index (Phi) is 5.45. The van der Waals surface area contributed by atoms with Gasteiger partial charge in [0.25, 0.3) is 0 Å². The van der Waals surface area contributed by atoms with Gasteiger partial charge in [-0.25, -0.2) is 0 Å². The Morgan fingerprint density at radius 3 is 2.44 bits per heavy atom. The van der Waals surface area contributed by atoms with Crippen molar-refractivity contribution < 1.29 is 19.1 Å². The molecule has 0 unspecified atom stereocenters. The predicted molar refractivity (Wildman–Crippen MR) is 67.1 cm³/mol. The number of carbonyl (C=O) groups excluding carboxylic acids is 2. The van der Waals surface area contributed by atoms with Gasteiger partial charge in [0.1, 0.15) is 0 Å². The van der Waals surface area contributed by atoms with Crippen molar-refractivity contribution in [1.29, 1.82) is 0 Å². The molecule has 1 N–H and O–H groups in total. The quantitative estimate of drug-likeness (QED) is 0.788. The summed E-state index contributed by atoms with van der Waals surface area (Å²) in [6.45, 7) is -0.173. The van der Waals surface area contributed by atoms with Gasteiger partial charge in [0.2, 0.25) is 11.1 Å². The fourth-order valence-electron chi connectivity index (χ4n) is 1.41. The largest absolute Gasteiger partial charge is 0.493 e. The van der Waals surface area contributed by atoms with Crippen molar-refractivity contribution in [3.05, 3.63) is 23.8 Å². The van der Waals surface area contributed by atoms with Crippen LogP contribution in [0.1, 0.15) is 5.56 Å². The van der Waals surface area contributed by atoms with E-state index in [-0.39, 0.29) is 18.9 Å². The van der Waals surface area contributed by atoms with Crippen LogP contribution >= 0.6 is 11.6 Å². The van der Waals surface area contributed by atoms with Crippen LogP contribution in [0.4, 0.5) is 0 Å². The molecule has 0 atom stereocenters. The molecule has 6 heteroatoms. The summed E-state index contributed by atoms with van der Waals surface area (Å²) in [6, 6.07) is 5.18. The Labute approximate surface area is 110 Å². The van der Waals surface area contributed by atoms with Gasteiger partial charge in [-0.1, -0.05) is 6.07 Å². The lowest BCUT2D eigenvalue weighted by molar-refractivity contribution is -0.122. The number of carbonyl (C=O) groups is 2. The number of rotatable bonds is 6. The van der Waals surface area contributed by atoms with E-state index in [4.69, 9.17) is 21.1 Å². The molecule has 0 spiro atoms. The Bertz CT molecular complexity index is 448. The highest BCUT2D eigenvalue weighted by atomic mass is 35.5. The Hall–Kier alpha value is -1.75. The van der Waals surface area contributed by atoms with E-state index >= 15 is 0 Å². The van der Waals surface area contributed by atoms with Crippen LogP contribution in [0.5, 0.6) is 11.5 Å². The van der Waals surface area contributed by atoms with Gasteiger partial charge in [-0.2, -0.15) is 0 Å². The standard InChI is InChI=1S/C12H14ClNO4/c1-17-9-4-3-8(5-10(9)18-2)6-12(16)14-7-11(13)15/h3-5H,6-7H2,1-2H3,(H,14,16). The number of hydrogen-bond donors (Lipinski definition) is 1. The third kappa shape index (κ3) is 4.25. The Balaban J connectivity index is 2.67. The Morgan fingerprint density at radius 1 is 1.22 bits per heavy atom. The number of ether oxygens (including phenoxy) is 2. The summed E-state index contributed by atoms with van der Waals surface area (Å²) in [7, 11) is 3.06. The SMILES string of the molecule is COc1ccc(CC(=O)NCC(=O)Cl)cc1OC. The summed E-state index contributed by atoms with van der Waals surface area (Å²) in [6.07, 6.45) is 0.143. The zero-order chi connectivity index (χ0) is 13.5. The van der Waals surface area contributed by atoms with Gasteiger partial charge in [0, 0.05) is 0 Å².